The minimum absolute atomic E-state index is 0.158. The Morgan fingerprint density at radius 1 is 1.40 bits per heavy atom. The van der Waals surface area contributed by atoms with Gasteiger partial charge in [0.2, 0.25) is 0 Å². The molecule has 1 saturated carbocycles. The molecule has 4 heteroatoms. The molecule has 0 aromatic carbocycles. The average molecular weight is 273 g/mol. The van der Waals surface area contributed by atoms with Gasteiger partial charge in [-0.2, -0.15) is 0 Å². The van der Waals surface area contributed by atoms with E-state index in [-0.39, 0.29) is 5.91 Å². The standard InChI is InChI=1S/C16H23N3O/c1-2-17-15-13(8-4-10-18-15)16(20)19-11-5-7-12-6-3-9-14(12)19/h4,8,10,12,14H,2-3,5-7,9,11H2,1H3,(H,17,18). The van der Waals surface area contributed by atoms with Crippen molar-refractivity contribution in [3.05, 3.63) is 23.9 Å². The van der Waals surface area contributed by atoms with Crippen LogP contribution in [0.1, 0.15) is 49.4 Å². The van der Waals surface area contributed by atoms with Gasteiger partial charge in [0.25, 0.3) is 5.91 Å². The van der Waals surface area contributed by atoms with Crippen LogP contribution in [0.25, 0.3) is 0 Å². The molecule has 2 fully saturated rings. The zero-order valence-corrected chi connectivity index (χ0v) is 12.1. The van der Waals surface area contributed by atoms with Crippen molar-refractivity contribution in [2.24, 2.45) is 5.92 Å². The fraction of sp³-hybridized carbons (Fsp3) is 0.625. The number of aromatic nitrogens is 1. The van der Waals surface area contributed by atoms with E-state index in [1.807, 2.05) is 19.1 Å². The van der Waals surface area contributed by atoms with Crippen LogP contribution < -0.4 is 5.32 Å². The second-order valence-corrected chi connectivity index (χ2v) is 5.83. The summed E-state index contributed by atoms with van der Waals surface area (Å²) in [5.41, 5.74) is 0.724. The van der Waals surface area contributed by atoms with Gasteiger partial charge in [-0.05, 0) is 50.7 Å². The van der Waals surface area contributed by atoms with Crippen LogP contribution in [0.2, 0.25) is 0 Å². The summed E-state index contributed by atoms with van der Waals surface area (Å²) in [6.07, 6.45) is 7.91. The first-order valence-corrected chi connectivity index (χ1v) is 7.81. The summed E-state index contributed by atoms with van der Waals surface area (Å²) in [5, 5.41) is 3.20. The molecule has 0 bridgehead atoms. The number of pyridine rings is 1. The molecule has 2 aliphatic rings. The highest BCUT2D eigenvalue weighted by Crippen LogP contribution is 2.37. The van der Waals surface area contributed by atoms with Gasteiger partial charge in [0.1, 0.15) is 5.82 Å². The molecule has 2 atom stereocenters. The summed E-state index contributed by atoms with van der Waals surface area (Å²) in [6.45, 7) is 3.71. The lowest BCUT2D eigenvalue weighted by atomic mass is 9.91. The van der Waals surface area contributed by atoms with Crippen molar-refractivity contribution < 1.29 is 4.79 Å². The van der Waals surface area contributed by atoms with Crippen molar-refractivity contribution in [3.8, 4) is 0 Å². The topological polar surface area (TPSA) is 45.2 Å². The number of likely N-dealkylation sites (tertiary alicyclic amines) is 1. The molecule has 20 heavy (non-hydrogen) atoms. The van der Waals surface area contributed by atoms with E-state index in [2.05, 4.69) is 15.2 Å². The van der Waals surface area contributed by atoms with Gasteiger partial charge in [0.15, 0.2) is 0 Å². The van der Waals surface area contributed by atoms with Crippen LogP contribution >= 0.6 is 0 Å². The van der Waals surface area contributed by atoms with Crippen LogP contribution in [0.3, 0.4) is 0 Å². The molecule has 1 aromatic heterocycles. The molecule has 2 heterocycles. The van der Waals surface area contributed by atoms with Gasteiger partial charge in [-0.15, -0.1) is 0 Å². The molecule has 4 nitrogen and oxygen atoms in total. The fourth-order valence-corrected chi connectivity index (χ4v) is 3.75. The number of hydrogen-bond acceptors (Lipinski definition) is 3. The second-order valence-electron chi connectivity index (χ2n) is 5.83. The number of nitrogens with zero attached hydrogens (tertiary/aromatic N) is 2. The molecule has 1 aromatic rings. The highest BCUT2D eigenvalue weighted by atomic mass is 16.2. The molecule has 1 N–H and O–H groups in total. The zero-order chi connectivity index (χ0) is 13.9. The number of hydrogen-bond donors (Lipinski definition) is 1. The molecule has 1 saturated heterocycles. The summed E-state index contributed by atoms with van der Waals surface area (Å²) in [4.78, 5) is 19.3. The molecule has 3 rings (SSSR count). The van der Waals surface area contributed by atoms with Gasteiger partial charge in [-0.25, -0.2) is 4.98 Å². The number of carbonyl (C=O) groups is 1. The number of fused-ring (bicyclic) bond motifs is 1. The Morgan fingerprint density at radius 3 is 3.10 bits per heavy atom. The Hall–Kier alpha value is -1.58. The van der Waals surface area contributed by atoms with Crippen molar-refractivity contribution in [1.29, 1.82) is 0 Å². The first-order chi connectivity index (χ1) is 9.81. The number of amides is 1. The summed E-state index contributed by atoms with van der Waals surface area (Å²) in [7, 11) is 0. The molecule has 1 aliphatic heterocycles. The van der Waals surface area contributed by atoms with Gasteiger partial charge in [0.05, 0.1) is 5.56 Å². The van der Waals surface area contributed by atoms with Crippen LogP contribution in [-0.2, 0) is 0 Å². The average Bonchev–Trinajstić information content (AvgIpc) is 2.96. The van der Waals surface area contributed by atoms with Crippen LogP contribution in [0, 0.1) is 5.92 Å². The predicted octanol–water partition coefficient (Wildman–Crippen LogP) is 2.92. The SMILES string of the molecule is CCNc1ncccc1C(=O)N1CCCC2CCCC21. The normalized spacial score (nSPS) is 25.4. The molecule has 0 spiro atoms. The molecular weight excluding hydrogens is 250 g/mol. The molecule has 2 unspecified atom stereocenters. The molecule has 1 aliphatic carbocycles. The van der Waals surface area contributed by atoms with Gasteiger partial charge >= 0.3 is 0 Å². The minimum Gasteiger partial charge on any atom is -0.370 e. The van der Waals surface area contributed by atoms with Gasteiger partial charge in [-0.1, -0.05) is 6.42 Å². The number of piperidine rings is 1. The van der Waals surface area contributed by atoms with Crippen LogP contribution in [0.15, 0.2) is 18.3 Å². The van der Waals surface area contributed by atoms with E-state index in [9.17, 15) is 4.79 Å². The molecular formula is C16H23N3O. The monoisotopic (exact) mass is 273 g/mol. The third kappa shape index (κ3) is 2.39. The van der Waals surface area contributed by atoms with E-state index in [0.717, 1.165) is 36.8 Å². The minimum atomic E-state index is 0.158. The van der Waals surface area contributed by atoms with Gasteiger partial charge in [0, 0.05) is 25.3 Å². The van der Waals surface area contributed by atoms with Crippen LogP contribution in [0.5, 0.6) is 0 Å². The largest absolute Gasteiger partial charge is 0.370 e. The van der Waals surface area contributed by atoms with Crippen LogP contribution in [-0.4, -0.2) is 34.9 Å². The van der Waals surface area contributed by atoms with E-state index >= 15 is 0 Å². The summed E-state index contributed by atoms with van der Waals surface area (Å²) >= 11 is 0. The first kappa shape index (κ1) is 13.4. The zero-order valence-electron chi connectivity index (χ0n) is 12.1. The summed E-state index contributed by atoms with van der Waals surface area (Å²) in [6, 6.07) is 4.21. The maximum Gasteiger partial charge on any atom is 0.257 e. The van der Waals surface area contributed by atoms with Crippen molar-refractivity contribution in [1.82, 2.24) is 9.88 Å². The third-order valence-electron chi connectivity index (χ3n) is 4.64. The first-order valence-electron chi connectivity index (χ1n) is 7.81. The highest BCUT2D eigenvalue weighted by Gasteiger charge is 2.38. The molecule has 108 valence electrons. The Labute approximate surface area is 120 Å². The van der Waals surface area contributed by atoms with Gasteiger partial charge < -0.3 is 10.2 Å². The smallest absolute Gasteiger partial charge is 0.257 e. The molecule has 1 amide bonds. The Kier molecular flexibility index (Phi) is 3.90. The lowest BCUT2D eigenvalue weighted by Crippen LogP contribution is -2.46. The predicted molar refractivity (Wildman–Crippen MR) is 79.8 cm³/mol. The summed E-state index contributed by atoms with van der Waals surface area (Å²) in [5.74, 6) is 1.61. The van der Waals surface area contributed by atoms with E-state index in [0.29, 0.717) is 6.04 Å². The third-order valence-corrected chi connectivity index (χ3v) is 4.64. The van der Waals surface area contributed by atoms with Crippen molar-refractivity contribution >= 4 is 11.7 Å². The number of carbonyl (C=O) groups excluding carboxylic acids is 1. The van der Waals surface area contributed by atoms with E-state index < -0.39 is 0 Å². The van der Waals surface area contributed by atoms with Crippen LogP contribution in [0.4, 0.5) is 5.82 Å². The second kappa shape index (κ2) is 5.81. The van der Waals surface area contributed by atoms with E-state index in [4.69, 9.17) is 0 Å². The number of nitrogens with one attached hydrogen (secondary N) is 1. The van der Waals surface area contributed by atoms with Gasteiger partial charge in [-0.3, -0.25) is 4.79 Å². The maximum atomic E-state index is 12.9. The lowest BCUT2D eigenvalue weighted by Gasteiger charge is -2.38. The Morgan fingerprint density at radius 2 is 2.25 bits per heavy atom. The number of anilines is 1. The van der Waals surface area contributed by atoms with Crippen molar-refractivity contribution in [3.63, 3.8) is 0 Å². The molecule has 0 radical (unpaired) electrons. The maximum absolute atomic E-state index is 12.9. The summed E-state index contributed by atoms with van der Waals surface area (Å²) < 4.78 is 0. The Balaban J connectivity index is 1.84. The van der Waals surface area contributed by atoms with Crippen molar-refractivity contribution in [2.45, 2.75) is 45.1 Å². The van der Waals surface area contributed by atoms with Crippen molar-refractivity contribution in [2.75, 3.05) is 18.4 Å². The van der Waals surface area contributed by atoms with E-state index in [1.54, 1.807) is 6.20 Å². The fourth-order valence-electron chi connectivity index (χ4n) is 3.75. The quantitative estimate of drug-likeness (QED) is 0.921. The Bertz CT molecular complexity index is 488. The van der Waals surface area contributed by atoms with E-state index in [1.165, 1.54) is 25.7 Å². The highest BCUT2D eigenvalue weighted by molar-refractivity contribution is 5.99. The lowest BCUT2D eigenvalue weighted by molar-refractivity contribution is 0.0549. The number of rotatable bonds is 3.